The third-order valence-corrected chi connectivity index (χ3v) is 4.38. The first kappa shape index (κ1) is 17.4. The molecule has 0 spiro atoms. The van der Waals surface area contributed by atoms with E-state index in [0.717, 1.165) is 26.2 Å². The van der Waals surface area contributed by atoms with Crippen LogP contribution in [0.25, 0.3) is 0 Å². The lowest BCUT2D eigenvalue weighted by atomic mass is 10.1. The standard InChI is InChI=1S/C18H32N4/c1-4-11-21(12-5-2)15-18(17-8-6-7-9-20-17)22-13-10-19-16(3)14-22/h6-9,16,18-19H,4-5,10-15H2,1-3H3. The van der Waals surface area contributed by atoms with Gasteiger partial charge < -0.3 is 10.2 Å². The van der Waals surface area contributed by atoms with E-state index in [1.54, 1.807) is 0 Å². The predicted molar refractivity (Wildman–Crippen MR) is 93.0 cm³/mol. The summed E-state index contributed by atoms with van der Waals surface area (Å²) in [6.45, 7) is 13.5. The first-order chi connectivity index (χ1) is 10.7. The first-order valence-corrected chi connectivity index (χ1v) is 8.85. The Balaban J connectivity index is 2.13. The summed E-state index contributed by atoms with van der Waals surface area (Å²) in [5, 5.41) is 3.55. The van der Waals surface area contributed by atoms with Crippen LogP contribution in [0.15, 0.2) is 24.4 Å². The fourth-order valence-electron chi connectivity index (χ4n) is 3.39. The predicted octanol–water partition coefficient (Wildman–Crippen LogP) is 2.54. The third kappa shape index (κ3) is 5.04. The molecule has 1 N–H and O–H groups in total. The second-order valence-corrected chi connectivity index (χ2v) is 6.42. The maximum absolute atomic E-state index is 4.66. The van der Waals surface area contributed by atoms with Crippen molar-refractivity contribution in [2.45, 2.75) is 45.7 Å². The summed E-state index contributed by atoms with van der Waals surface area (Å²) in [6.07, 6.45) is 4.36. The zero-order valence-electron chi connectivity index (χ0n) is 14.5. The lowest BCUT2D eigenvalue weighted by molar-refractivity contribution is 0.106. The molecule has 2 rings (SSSR count). The van der Waals surface area contributed by atoms with Crippen LogP contribution in [-0.2, 0) is 0 Å². The highest BCUT2D eigenvalue weighted by Gasteiger charge is 2.27. The minimum Gasteiger partial charge on any atom is -0.312 e. The van der Waals surface area contributed by atoms with E-state index < -0.39 is 0 Å². The molecule has 2 unspecified atom stereocenters. The SMILES string of the molecule is CCCN(CCC)CC(c1ccccn1)N1CCNC(C)C1. The van der Waals surface area contributed by atoms with Gasteiger partial charge >= 0.3 is 0 Å². The van der Waals surface area contributed by atoms with E-state index in [9.17, 15) is 0 Å². The van der Waals surface area contributed by atoms with Crippen LogP contribution < -0.4 is 5.32 Å². The van der Waals surface area contributed by atoms with Crippen molar-refractivity contribution in [2.24, 2.45) is 0 Å². The number of piperazine rings is 1. The van der Waals surface area contributed by atoms with Crippen LogP contribution in [0, 0.1) is 0 Å². The smallest absolute Gasteiger partial charge is 0.0650 e. The van der Waals surface area contributed by atoms with Gasteiger partial charge in [-0.2, -0.15) is 0 Å². The Kier molecular flexibility index (Phi) is 7.30. The third-order valence-electron chi connectivity index (χ3n) is 4.38. The Morgan fingerprint density at radius 2 is 2.09 bits per heavy atom. The molecule has 0 bridgehead atoms. The Hall–Kier alpha value is -0.970. The molecule has 0 aliphatic carbocycles. The number of nitrogens with zero attached hydrogens (tertiary/aromatic N) is 3. The summed E-state index contributed by atoms with van der Waals surface area (Å²) < 4.78 is 0. The van der Waals surface area contributed by atoms with E-state index in [-0.39, 0.29) is 0 Å². The molecular weight excluding hydrogens is 272 g/mol. The summed E-state index contributed by atoms with van der Waals surface area (Å²) in [4.78, 5) is 9.88. The largest absolute Gasteiger partial charge is 0.312 e. The highest BCUT2D eigenvalue weighted by atomic mass is 15.3. The fraction of sp³-hybridized carbons (Fsp3) is 0.722. The lowest BCUT2D eigenvalue weighted by Crippen LogP contribution is -2.52. The van der Waals surface area contributed by atoms with Crippen molar-refractivity contribution >= 4 is 0 Å². The molecule has 0 amide bonds. The lowest BCUT2D eigenvalue weighted by Gasteiger charge is -2.39. The van der Waals surface area contributed by atoms with Crippen molar-refractivity contribution in [2.75, 3.05) is 39.3 Å². The number of hydrogen-bond acceptors (Lipinski definition) is 4. The monoisotopic (exact) mass is 304 g/mol. The molecule has 4 heteroatoms. The molecule has 1 aliphatic rings. The highest BCUT2D eigenvalue weighted by molar-refractivity contribution is 5.10. The highest BCUT2D eigenvalue weighted by Crippen LogP contribution is 2.22. The molecule has 1 aromatic heterocycles. The van der Waals surface area contributed by atoms with Gasteiger partial charge in [0.1, 0.15) is 0 Å². The molecule has 2 heterocycles. The molecule has 124 valence electrons. The van der Waals surface area contributed by atoms with Crippen LogP contribution in [-0.4, -0.2) is 60.1 Å². The van der Waals surface area contributed by atoms with Crippen LogP contribution in [0.4, 0.5) is 0 Å². The van der Waals surface area contributed by atoms with Gasteiger partial charge in [0.05, 0.1) is 11.7 Å². The zero-order valence-corrected chi connectivity index (χ0v) is 14.5. The van der Waals surface area contributed by atoms with Gasteiger partial charge in [-0.05, 0) is 45.0 Å². The van der Waals surface area contributed by atoms with Crippen LogP contribution in [0.5, 0.6) is 0 Å². The number of hydrogen-bond donors (Lipinski definition) is 1. The van der Waals surface area contributed by atoms with Gasteiger partial charge in [0.25, 0.3) is 0 Å². The summed E-state index contributed by atoms with van der Waals surface area (Å²) >= 11 is 0. The molecule has 1 saturated heterocycles. The normalized spacial score (nSPS) is 21.2. The van der Waals surface area contributed by atoms with Crippen LogP contribution in [0.1, 0.15) is 45.3 Å². The molecule has 1 aliphatic heterocycles. The van der Waals surface area contributed by atoms with Gasteiger partial charge in [0.2, 0.25) is 0 Å². The topological polar surface area (TPSA) is 31.4 Å². The van der Waals surface area contributed by atoms with Gasteiger partial charge in [-0.15, -0.1) is 0 Å². The van der Waals surface area contributed by atoms with E-state index in [1.807, 2.05) is 12.3 Å². The van der Waals surface area contributed by atoms with Crippen LogP contribution in [0.2, 0.25) is 0 Å². The first-order valence-electron chi connectivity index (χ1n) is 8.85. The summed E-state index contributed by atoms with van der Waals surface area (Å²) in [6, 6.07) is 7.28. The average Bonchev–Trinajstić information content (AvgIpc) is 2.54. The molecule has 0 radical (unpaired) electrons. The van der Waals surface area contributed by atoms with Gasteiger partial charge in [0.15, 0.2) is 0 Å². The molecule has 22 heavy (non-hydrogen) atoms. The summed E-state index contributed by atoms with van der Waals surface area (Å²) in [5.41, 5.74) is 1.22. The molecule has 4 nitrogen and oxygen atoms in total. The maximum Gasteiger partial charge on any atom is 0.0650 e. The number of rotatable bonds is 8. The fourth-order valence-corrected chi connectivity index (χ4v) is 3.39. The van der Waals surface area contributed by atoms with E-state index >= 15 is 0 Å². The minimum absolute atomic E-state index is 0.406. The Bertz CT molecular complexity index is 403. The van der Waals surface area contributed by atoms with E-state index in [2.05, 4.69) is 53.0 Å². The number of nitrogens with one attached hydrogen (secondary N) is 1. The minimum atomic E-state index is 0.406. The molecular formula is C18H32N4. The van der Waals surface area contributed by atoms with Crippen molar-refractivity contribution < 1.29 is 0 Å². The second-order valence-electron chi connectivity index (χ2n) is 6.42. The van der Waals surface area contributed by atoms with Crippen molar-refractivity contribution in [3.8, 4) is 0 Å². The Morgan fingerprint density at radius 1 is 1.32 bits per heavy atom. The van der Waals surface area contributed by atoms with Gasteiger partial charge in [-0.3, -0.25) is 9.88 Å². The molecule has 0 aromatic carbocycles. The van der Waals surface area contributed by atoms with Crippen LogP contribution in [0.3, 0.4) is 0 Å². The molecule has 2 atom stereocenters. The number of aromatic nitrogens is 1. The zero-order chi connectivity index (χ0) is 15.8. The second kappa shape index (κ2) is 9.23. The quantitative estimate of drug-likeness (QED) is 0.800. The summed E-state index contributed by atoms with van der Waals surface area (Å²) in [7, 11) is 0. The van der Waals surface area contributed by atoms with Crippen molar-refractivity contribution in [1.82, 2.24) is 20.1 Å². The number of pyridine rings is 1. The molecule has 1 fully saturated rings. The Morgan fingerprint density at radius 3 is 2.68 bits per heavy atom. The van der Waals surface area contributed by atoms with Gasteiger partial charge in [0, 0.05) is 38.4 Å². The van der Waals surface area contributed by atoms with E-state index in [4.69, 9.17) is 0 Å². The average molecular weight is 304 g/mol. The Labute approximate surface area is 135 Å². The summed E-state index contributed by atoms with van der Waals surface area (Å²) in [5.74, 6) is 0. The van der Waals surface area contributed by atoms with Crippen molar-refractivity contribution in [1.29, 1.82) is 0 Å². The van der Waals surface area contributed by atoms with Gasteiger partial charge in [-0.1, -0.05) is 19.9 Å². The maximum atomic E-state index is 4.66. The van der Waals surface area contributed by atoms with E-state index in [0.29, 0.717) is 12.1 Å². The molecule has 1 aromatic rings. The van der Waals surface area contributed by atoms with E-state index in [1.165, 1.54) is 31.6 Å². The van der Waals surface area contributed by atoms with Gasteiger partial charge in [-0.25, -0.2) is 0 Å². The van der Waals surface area contributed by atoms with Crippen molar-refractivity contribution in [3.63, 3.8) is 0 Å². The van der Waals surface area contributed by atoms with Crippen LogP contribution >= 0.6 is 0 Å². The molecule has 0 saturated carbocycles. The van der Waals surface area contributed by atoms with Crippen molar-refractivity contribution in [3.05, 3.63) is 30.1 Å².